The van der Waals surface area contributed by atoms with E-state index < -0.39 is 0 Å². The first-order chi connectivity index (χ1) is 20.8. The van der Waals surface area contributed by atoms with E-state index in [1.165, 1.54) is 10.8 Å². The highest BCUT2D eigenvalue weighted by atomic mass is 15.0. The zero-order valence-electron chi connectivity index (χ0n) is 22.5. The summed E-state index contributed by atoms with van der Waals surface area (Å²) in [5, 5.41) is 14.1. The van der Waals surface area contributed by atoms with E-state index in [0.717, 1.165) is 55.3 Å². The average Bonchev–Trinajstić information content (AvgIpc) is 3.57. The van der Waals surface area contributed by atoms with Crippen LogP contribution < -0.4 is 0 Å². The lowest BCUT2D eigenvalue weighted by Gasteiger charge is -2.19. The molecule has 4 heteroatoms. The van der Waals surface area contributed by atoms with Crippen LogP contribution in [0.25, 0.3) is 71.0 Å². The molecule has 0 radical (unpaired) electrons. The Bertz CT molecular complexity index is 2390. The van der Waals surface area contributed by atoms with Gasteiger partial charge >= 0.3 is 0 Å². The molecule has 0 aliphatic heterocycles. The molecule has 0 aliphatic carbocycles. The number of hydrogen-bond acceptors (Lipinski definition) is 1. The maximum absolute atomic E-state index is 9.63. The van der Waals surface area contributed by atoms with E-state index in [9.17, 15) is 5.26 Å². The Morgan fingerprint density at radius 1 is 0.524 bits per heavy atom. The van der Waals surface area contributed by atoms with Gasteiger partial charge in [-0.05, 0) is 54.1 Å². The van der Waals surface area contributed by atoms with Crippen molar-refractivity contribution in [3.05, 3.63) is 150 Å². The van der Waals surface area contributed by atoms with E-state index in [2.05, 4.69) is 98.9 Å². The van der Waals surface area contributed by atoms with Crippen LogP contribution in [0.3, 0.4) is 0 Å². The summed E-state index contributed by atoms with van der Waals surface area (Å²) in [6.07, 6.45) is 0. The molecule has 0 fully saturated rings. The van der Waals surface area contributed by atoms with Crippen molar-refractivity contribution in [2.45, 2.75) is 0 Å². The Hall–Kier alpha value is -6.10. The van der Waals surface area contributed by atoms with Crippen LogP contribution in [0, 0.1) is 17.9 Å². The van der Waals surface area contributed by atoms with Gasteiger partial charge in [0.15, 0.2) is 5.69 Å². The van der Waals surface area contributed by atoms with Crippen molar-refractivity contribution < 1.29 is 0 Å². The SMILES string of the molecule is [C-]#[N+]c1cccc(-n2c3ccccc3c3ccccc32)c1-c1ccccc1-n1c2ccccc2c2cc(C#N)ccc21. The number of benzene rings is 6. The van der Waals surface area contributed by atoms with E-state index in [1.807, 2.05) is 54.6 Å². The van der Waals surface area contributed by atoms with Crippen LogP contribution in [0.2, 0.25) is 0 Å². The van der Waals surface area contributed by atoms with Gasteiger partial charge in [-0.1, -0.05) is 84.9 Å². The van der Waals surface area contributed by atoms with Gasteiger partial charge < -0.3 is 9.13 Å². The summed E-state index contributed by atoms with van der Waals surface area (Å²) in [5.74, 6) is 0. The molecule has 42 heavy (non-hydrogen) atoms. The fourth-order valence-corrected chi connectivity index (χ4v) is 6.45. The lowest BCUT2D eigenvalue weighted by Crippen LogP contribution is -2.01. The van der Waals surface area contributed by atoms with Crippen LogP contribution in [-0.2, 0) is 0 Å². The lowest BCUT2D eigenvalue weighted by atomic mass is 9.98. The molecule has 194 valence electrons. The van der Waals surface area contributed by atoms with Crippen molar-refractivity contribution in [3.63, 3.8) is 0 Å². The third kappa shape index (κ3) is 3.33. The minimum atomic E-state index is 0.592. The van der Waals surface area contributed by atoms with Crippen LogP contribution in [0.1, 0.15) is 5.56 Å². The summed E-state index contributed by atoms with van der Waals surface area (Å²) in [4.78, 5) is 4.04. The first-order valence-electron chi connectivity index (χ1n) is 13.8. The number of nitriles is 1. The Balaban J connectivity index is 1.50. The van der Waals surface area contributed by atoms with Gasteiger partial charge in [-0.25, -0.2) is 4.85 Å². The minimum absolute atomic E-state index is 0.592. The summed E-state index contributed by atoms with van der Waals surface area (Å²) < 4.78 is 4.55. The number of nitrogens with zero attached hydrogens (tertiary/aromatic N) is 4. The van der Waals surface area contributed by atoms with Gasteiger partial charge in [-0.2, -0.15) is 5.26 Å². The van der Waals surface area contributed by atoms with E-state index >= 15 is 0 Å². The normalized spacial score (nSPS) is 11.3. The third-order valence-corrected chi connectivity index (χ3v) is 8.18. The molecule has 8 rings (SSSR count). The van der Waals surface area contributed by atoms with Gasteiger partial charge in [-0.3, -0.25) is 0 Å². The van der Waals surface area contributed by atoms with Crippen molar-refractivity contribution >= 4 is 49.3 Å². The fourth-order valence-electron chi connectivity index (χ4n) is 6.45. The van der Waals surface area contributed by atoms with Crippen molar-refractivity contribution in [3.8, 4) is 28.6 Å². The van der Waals surface area contributed by atoms with E-state index in [4.69, 9.17) is 6.57 Å². The largest absolute Gasteiger partial charge is 0.310 e. The molecule has 0 spiro atoms. The van der Waals surface area contributed by atoms with Crippen LogP contribution >= 0.6 is 0 Å². The zero-order chi connectivity index (χ0) is 28.2. The zero-order valence-corrected chi connectivity index (χ0v) is 22.5. The van der Waals surface area contributed by atoms with Crippen LogP contribution in [-0.4, -0.2) is 9.13 Å². The highest BCUT2D eigenvalue weighted by Gasteiger charge is 2.22. The van der Waals surface area contributed by atoms with Gasteiger partial charge in [0.25, 0.3) is 0 Å². The molecule has 0 saturated carbocycles. The standard InChI is InChI=1S/C38H22N4/c1-40-31-15-10-20-37(42-32-16-6-2-11-26(32)27-12-3-7-17-33(27)42)38(31)29-14-5-9-19-35(29)41-34-18-8-4-13-28(34)30-23-25(24-39)21-22-36(30)41/h2-23H. The van der Waals surface area contributed by atoms with Gasteiger partial charge in [0.2, 0.25) is 0 Å². The number of hydrogen-bond donors (Lipinski definition) is 0. The number of aromatic nitrogens is 2. The summed E-state index contributed by atoms with van der Waals surface area (Å²) in [7, 11) is 0. The van der Waals surface area contributed by atoms with Crippen molar-refractivity contribution in [1.82, 2.24) is 9.13 Å². The Morgan fingerprint density at radius 3 is 1.69 bits per heavy atom. The highest BCUT2D eigenvalue weighted by Crippen LogP contribution is 2.44. The smallest absolute Gasteiger partial charge is 0.197 e. The third-order valence-electron chi connectivity index (χ3n) is 8.18. The first-order valence-corrected chi connectivity index (χ1v) is 13.8. The van der Waals surface area contributed by atoms with Gasteiger partial charge in [0.1, 0.15) is 0 Å². The van der Waals surface area contributed by atoms with Gasteiger partial charge in [0.05, 0.1) is 46.0 Å². The fraction of sp³-hybridized carbons (Fsp3) is 0. The predicted molar refractivity (Wildman–Crippen MR) is 172 cm³/mol. The van der Waals surface area contributed by atoms with Crippen LogP contribution in [0.4, 0.5) is 5.69 Å². The van der Waals surface area contributed by atoms with E-state index in [-0.39, 0.29) is 0 Å². The Morgan fingerprint density at radius 2 is 1.05 bits per heavy atom. The second-order valence-electron chi connectivity index (χ2n) is 10.4. The molecule has 6 aromatic carbocycles. The van der Waals surface area contributed by atoms with Crippen LogP contribution in [0.5, 0.6) is 0 Å². The van der Waals surface area contributed by atoms with Crippen molar-refractivity contribution in [2.75, 3.05) is 0 Å². The summed E-state index contributed by atoms with van der Waals surface area (Å²) in [5.41, 5.74) is 9.27. The van der Waals surface area contributed by atoms with Gasteiger partial charge in [-0.15, -0.1) is 0 Å². The Labute approximate surface area is 242 Å². The number of para-hydroxylation sites is 4. The molecule has 0 aliphatic rings. The second-order valence-corrected chi connectivity index (χ2v) is 10.4. The molecule has 0 amide bonds. The average molecular weight is 535 g/mol. The van der Waals surface area contributed by atoms with Crippen LogP contribution in [0.15, 0.2) is 133 Å². The molecule has 0 unspecified atom stereocenters. The highest BCUT2D eigenvalue weighted by molar-refractivity contribution is 6.12. The number of fused-ring (bicyclic) bond motifs is 6. The quantitative estimate of drug-likeness (QED) is 0.208. The molecule has 8 aromatic rings. The maximum atomic E-state index is 9.63. The molecule has 0 N–H and O–H groups in total. The topological polar surface area (TPSA) is 38.0 Å². The Kier molecular flexibility index (Phi) is 5.22. The maximum Gasteiger partial charge on any atom is 0.197 e. The van der Waals surface area contributed by atoms with Gasteiger partial charge in [0, 0.05) is 32.8 Å². The molecular weight excluding hydrogens is 512 g/mol. The molecule has 0 atom stereocenters. The predicted octanol–water partition coefficient (Wildman–Crippen LogP) is 9.97. The van der Waals surface area contributed by atoms with Crippen molar-refractivity contribution in [2.24, 2.45) is 0 Å². The molecule has 2 heterocycles. The summed E-state index contributed by atoms with van der Waals surface area (Å²) in [6, 6.07) is 47.7. The number of rotatable bonds is 3. The molecule has 0 bridgehead atoms. The summed E-state index contributed by atoms with van der Waals surface area (Å²) >= 11 is 0. The first kappa shape index (κ1) is 23.8. The minimum Gasteiger partial charge on any atom is -0.310 e. The van der Waals surface area contributed by atoms with E-state index in [1.54, 1.807) is 0 Å². The van der Waals surface area contributed by atoms with E-state index in [0.29, 0.717) is 11.3 Å². The molecule has 2 aromatic heterocycles. The summed E-state index contributed by atoms with van der Waals surface area (Å²) in [6.45, 7) is 8.21. The second kappa shape index (κ2) is 9.24. The monoisotopic (exact) mass is 534 g/mol. The molecule has 4 nitrogen and oxygen atoms in total. The lowest BCUT2D eigenvalue weighted by molar-refractivity contribution is 1.16. The molecular formula is C38H22N4. The molecule has 0 saturated heterocycles. The van der Waals surface area contributed by atoms with Crippen molar-refractivity contribution in [1.29, 1.82) is 5.26 Å².